The van der Waals surface area contributed by atoms with Crippen LogP contribution in [0, 0.1) is 0 Å². The number of hydrogen-bond acceptors (Lipinski definition) is 4. The van der Waals surface area contributed by atoms with E-state index in [0.717, 1.165) is 31.5 Å². The second kappa shape index (κ2) is 7.06. The molecule has 1 aromatic heterocycles. The van der Waals surface area contributed by atoms with E-state index >= 15 is 0 Å². The molecule has 1 aromatic rings. The van der Waals surface area contributed by atoms with Gasteiger partial charge in [0.2, 0.25) is 5.91 Å². The summed E-state index contributed by atoms with van der Waals surface area (Å²) in [5, 5.41) is 8.74. The summed E-state index contributed by atoms with van der Waals surface area (Å²) in [5.74, 6) is -0.486. The minimum atomic E-state index is -0.563. The highest BCUT2D eigenvalue weighted by Gasteiger charge is 2.26. The minimum absolute atomic E-state index is 0.147. The van der Waals surface area contributed by atoms with Crippen molar-refractivity contribution in [2.45, 2.75) is 45.2 Å². The normalized spacial score (nSPS) is 15.1. The van der Waals surface area contributed by atoms with Crippen LogP contribution in [-0.4, -0.2) is 35.4 Å². The van der Waals surface area contributed by atoms with E-state index in [0.29, 0.717) is 5.69 Å². The summed E-state index contributed by atoms with van der Waals surface area (Å²) in [6, 6.07) is 3.23. The molecule has 6 heteroatoms. The predicted octanol–water partition coefficient (Wildman–Crippen LogP) is 1.30. The summed E-state index contributed by atoms with van der Waals surface area (Å²) in [5.41, 5.74) is 1.16. The van der Waals surface area contributed by atoms with Gasteiger partial charge in [-0.15, -0.1) is 0 Å². The van der Waals surface area contributed by atoms with E-state index in [9.17, 15) is 9.59 Å². The van der Waals surface area contributed by atoms with E-state index in [1.807, 2.05) is 6.07 Å². The fourth-order valence-corrected chi connectivity index (χ4v) is 1.82. The van der Waals surface area contributed by atoms with Crippen LogP contribution >= 0.6 is 0 Å². The molecule has 2 rings (SSSR count). The Morgan fingerprint density at radius 3 is 2.86 bits per heavy atom. The number of carbonyl (C=O) groups excluding carboxylic acids is 2. The number of hydrogen-bond donors (Lipinski definition) is 3. The van der Waals surface area contributed by atoms with Crippen molar-refractivity contribution in [2.75, 3.05) is 11.9 Å². The Labute approximate surface area is 124 Å². The van der Waals surface area contributed by atoms with Gasteiger partial charge in [0.25, 0.3) is 5.91 Å². The summed E-state index contributed by atoms with van der Waals surface area (Å²) in [6.45, 7) is 4.59. The van der Waals surface area contributed by atoms with Gasteiger partial charge < -0.3 is 16.0 Å². The van der Waals surface area contributed by atoms with Gasteiger partial charge in [0.15, 0.2) is 0 Å². The number of aromatic nitrogens is 1. The topological polar surface area (TPSA) is 83.1 Å². The van der Waals surface area contributed by atoms with Crippen molar-refractivity contribution >= 4 is 17.5 Å². The van der Waals surface area contributed by atoms with Gasteiger partial charge in [0.05, 0.1) is 0 Å². The third-order valence-corrected chi connectivity index (χ3v) is 3.24. The lowest BCUT2D eigenvalue weighted by atomic mass is 10.2. The average Bonchev–Trinajstić information content (AvgIpc) is 3.29. The Hall–Kier alpha value is -2.11. The van der Waals surface area contributed by atoms with Crippen LogP contribution in [-0.2, 0) is 4.79 Å². The lowest BCUT2D eigenvalue weighted by Crippen LogP contribution is -2.45. The molecule has 1 atom stereocenters. The zero-order valence-electron chi connectivity index (χ0n) is 12.5. The SMILES string of the molecule is CCCNc1ccnc(C(=O)NC(C)C(=O)NC2CC2)c1. The number of carbonyl (C=O) groups is 2. The van der Waals surface area contributed by atoms with Gasteiger partial charge in [-0.3, -0.25) is 14.6 Å². The monoisotopic (exact) mass is 290 g/mol. The Bertz CT molecular complexity index is 514. The molecule has 114 valence electrons. The second-order valence-electron chi connectivity index (χ2n) is 5.33. The molecule has 0 radical (unpaired) electrons. The standard InChI is InChI=1S/C15H22N4O2/c1-3-7-16-12-6-8-17-13(9-12)15(21)18-10(2)14(20)19-11-4-5-11/h6,8-11H,3-5,7H2,1-2H3,(H,16,17)(H,18,21)(H,19,20). The first kappa shape index (κ1) is 15.3. The highest BCUT2D eigenvalue weighted by atomic mass is 16.2. The Balaban J connectivity index is 1.90. The largest absolute Gasteiger partial charge is 0.385 e. The van der Waals surface area contributed by atoms with Crippen molar-refractivity contribution in [3.8, 4) is 0 Å². The summed E-state index contributed by atoms with van der Waals surface area (Å²) < 4.78 is 0. The van der Waals surface area contributed by atoms with Gasteiger partial charge >= 0.3 is 0 Å². The van der Waals surface area contributed by atoms with Gasteiger partial charge in [-0.25, -0.2) is 0 Å². The number of amides is 2. The molecule has 2 amide bonds. The first-order chi connectivity index (χ1) is 10.1. The van der Waals surface area contributed by atoms with Gasteiger partial charge in [-0.1, -0.05) is 6.92 Å². The summed E-state index contributed by atoms with van der Waals surface area (Å²) in [4.78, 5) is 28.0. The van der Waals surface area contributed by atoms with E-state index in [1.165, 1.54) is 0 Å². The predicted molar refractivity (Wildman–Crippen MR) is 81.1 cm³/mol. The molecule has 0 aliphatic heterocycles. The van der Waals surface area contributed by atoms with Crippen LogP contribution in [0.3, 0.4) is 0 Å². The molecule has 0 saturated heterocycles. The first-order valence-corrected chi connectivity index (χ1v) is 7.41. The van der Waals surface area contributed by atoms with E-state index in [-0.39, 0.29) is 17.9 Å². The van der Waals surface area contributed by atoms with Gasteiger partial charge in [-0.05, 0) is 38.3 Å². The van der Waals surface area contributed by atoms with Crippen molar-refractivity contribution in [3.05, 3.63) is 24.0 Å². The maximum absolute atomic E-state index is 12.1. The number of pyridine rings is 1. The minimum Gasteiger partial charge on any atom is -0.385 e. The molecule has 21 heavy (non-hydrogen) atoms. The number of rotatable bonds is 7. The lowest BCUT2D eigenvalue weighted by Gasteiger charge is -2.14. The quantitative estimate of drug-likeness (QED) is 0.707. The summed E-state index contributed by atoms with van der Waals surface area (Å²) in [7, 11) is 0. The molecule has 0 spiro atoms. The highest BCUT2D eigenvalue weighted by Crippen LogP contribution is 2.18. The number of nitrogens with zero attached hydrogens (tertiary/aromatic N) is 1. The lowest BCUT2D eigenvalue weighted by molar-refractivity contribution is -0.122. The van der Waals surface area contributed by atoms with Crippen LogP contribution in [0.2, 0.25) is 0 Å². The molecule has 3 N–H and O–H groups in total. The zero-order valence-corrected chi connectivity index (χ0v) is 12.5. The Morgan fingerprint density at radius 1 is 1.43 bits per heavy atom. The molecule has 1 aliphatic rings. The van der Waals surface area contributed by atoms with E-state index in [1.54, 1.807) is 19.2 Å². The molecule has 1 saturated carbocycles. The molecule has 0 aromatic carbocycles. The summed E-state index contributed by atoms with van der Waals surface area (Å²) >= 11 is 0. The van der Waals surface area contributed by atoms with Crippen molar-refractivity contribution < 1.29 is 9.59 Å². The molecule has 1 aliphatic carbocycles. The van der Waals surface area contributed by atoms with Crippen LogP contribution in [0.5, 0.6) is 0 Å². The Morgan fingerprint density at radius 2 is 2.19 bits per heavy atom. The molecular formula is C15H22N4O2. The smallest absolute Gasteiger partial charge is 0.270 e. The molecular weight excluding hydrogens is 268 g/mol. The number of nitrogens with one attached hydrogen (secondary N) is 3. The number of anilines is 1. The molecule has 0 bridgehead atoms. The third-order valence-electron chi connectivity index (χ3n) is 3.24. The van der Waals surface area contributed by atoms with Gasteiger partial charge in [0.1, 0.15) is 11.7 Å². The molecule has 6 nitrogen and oxygen atoms in total. The van der Waals surface area contributed by atoms with Crippen LogP contribution in [0.25, 0.3) is 0 Å². The van der Waals surface area contributed by atoms with E-state index in [4.69, 9.17) is 0 Å². The average molecular weight is 290 g/mol. The van der Waals surface area contributed by atoms with Crippen LogP contribution < -0.4 is 16.0 Å². The van der Waals surface area contributed by atoms with Crippen molar-refractivity contribution in [1.82, 2.24) is 15.6 Å². The second-order valence-corrected chi connectivity index (χ2v) is 5.33. The fourth-order valence-electron chi connectivity index (χ4n) is 1.82. The molecule has 1 unspecified atom stereocenters. The van der Waals surface area contributed by atoms with E-state index < -0.39 is 6.04 Å². The van der Waals surface area contributed by atoms with Crippen molar-refractivity contribution in [2.24, 2.45) is 0 Å². The van der Waals surface area contributed by atoms with Crippen molar-refractivity contribution in [3.63, 3.8) is 0 Å². The maximum atomic E-state index is 12.1. The van der Waals surface area contributed by atoms with Crippen molar-refractivity contribution in [1.29, 1.82) is 0 Å². The molecule has 1 fully saturated rings. The van der Waals surface area contributed by atoms with Crippen LogP contribution in [0.4, 0.5) is 5.69 Å². The maximum Gasteiger partial charge on any atom is 0.270 e. The first-order valence-electron chi connectivity index (χ1n) is 7.41. The Kier molecular flexibility index (Phi) is 5.14. The molecule has 1 heterocycles. The highest BCUT2D eigenvalue weighted by molar-refractivity contribution is 5.96. The summed E-state index contributed by atoms with van der Waals surface area (Å²) in [6.07, 6.45) is 4.64. The van der Waals surface area contributed by atoms with E-state index in [2.05, 4.69) is 27.9 Å². The van der Waals surface area contributed by atoms with Gasteiger partial charge in [0, 0.05) is 24.5 Å². The third kappa shape index (κ3) is 4.73. The van der Waals surface area contributed by atoms with Gasteiger partial charge in [-0.2, -0.15) is 0 Å². The zero-order chi connectivity index (χ0) is 15.2. The van der Waals surface area contributed by atoms with Crippen LogP contribution in [0.15, 0.2) is 18.3 Å². The van der Waals surface area contributed by atoms with Crippen LogP contribution in [0.1, 0.15) is 43.6 Å². The fraction of sp³-hybridized carbons (Fsp3) is 0.533.